The van der Waals surface area contributed by atoms with Crippen molar-refractivity contribution in [2.75, 3.05) is 10.6 Å². The molecule has 3 aromatic rings. The molecule has 8 heteroatoms. The summed E-state index contributed by atoms with van der Waals surface area (Å²) in [5.74, 6) is -1.57. The number of nitrogens with zero attached hydrogens (tertiary/aromatic N) is 2. The average molecular weight is 363 g/mol. The van der Waals surface area contributed by atoms with Crippen LogP contribution in [-0.4, -0.2) is 15.8 Å². The molecule has 2 amide bonds. The second-order valence-electron chi connectivity index (χ2n) is 5.26. The van der Waals surface area contributed by atoms with Crippen molar-refractivity contribution in [3.05, 3.63) is 77.1 Å². The molecule has 0 atom stereocenters. The summed E-state index contributed by atoms with van der Waals surface area (Å²) < 4.78 is 28.0. The lowest BCUT2D eigenvalue weighted by Gasteiger charge is -2.07. The van der Waals surface area contributed by atoms with Crippen LogP contribution in [0, 0.1) is 11.6 Å². The van der Waals surface area contributed by atoms with E-state index in [1.165, 1.54) is 6.20 Å². The first kappa shape index (κ1) is 16.9. The second kappa shape index (κ2) is 7.31. The number of halogens is 3. The van der Waals surface area contributed by atoms with Gasteiger partial charge in [-0.3, -0.25) is 4.68 Å². The Bertz CT molecular complexity index is 913. The molecule has 0 bridgehead atoms. The maximum Gasteiger partial charge on any atom is 0.323 e. The first-order chi connectivity index (χ1) is 12.0. The summed E-state index contributed by atoms with van der Waals surface area (Å²) in [4.78, 5) is 11.9. The molecule has 128 valence electrons. The Kier molecular flexibility index (Phi) is 4.95. The van der Waals surface area contributed by atoms with Crippen molar-refractivity contribution in [1.82, 2.24) is 9.78 Å². The van der Waals surface area contributed by atoms with E-state index in [0.717, 1.165) is 17.7 Å². The Morgan fingerprint density at radius 1 is 1.16 bits per heavy atom. The van der Waals surface area contributed by atoms with E-state index in [0.29, 0.717) is 23.3 Å². The Balaban J connectivity index is 1.61. The lowest BCUT2D eigenvalue weighted by atomic mass is 10.2. The monoisotopic (exact) mass is 362 g/mol. The number of carbonyl (C=O) groups excluding carboxylic acids is 1. The van der Waals surface area contributed by atoms with Crippen molar-refractivity contribution in [2.24, 2.45) is 0 Å². The normalized spacial score (nSPS) is 10.5. The lowest BCUT2D eigenvalue weighted by Crippen LogP contribution is -2.19. The predicted molar refractivity (Wildman–Crippen MR) is 91.8 cm³/mol. The molecule has 0 aliphatic heterocycles. The predicted octanol–water partition coefficient (Wildman–Crippen LogP) is 4.51. The smallest absolute Gasteiger partial charge is 0.305 e. The Morgan fingerprint density at radius 2 is 2.00 bits per heavy atom. The zero-order valence-corrected chi connectivity index (χ0v) is 13.6. The van der Waals surface area contributed by atoms with Gasteiger partial charge in [-0.25, -0.2) is 13.6 Å². The number of urea groups is 1. The third kappa shape index (κ3) is 4.54. The van der Waals surface area contributed by atoms with Gasteiger partial charge in [0.05, 0.1) is 24.1 Å². The van der Waals surface area contributed by atoms with Crippen LogP contribution in [0.15, 0.2) is 54.9 Å². The van der Waals surface area contributed by atoms with Crippen molar-refractivity contribution >= 4 is 29.0 Å². The minimum absolute atomic E-state index is 0.120. The first-order valence-corrected chi connectivity index (χ1v) is 7.67. The largest absolute Gasteiger partial charge is 0.323 e. The number of nitrogens with one attached hydrogen (secondary N) is 2. The lowest BCUT2D eigenvalue weighted by molar-refractivity contribution is 0.262. The average Bonchev–Trinajstić information content (AvgIpc) is 2.97. The van der Waals surface area contributed by atoms with E-state index in [1.807, 2.05) is 18.2 Å². The van der Waals surface area contributed by atoms with Crippen molar-refractivity contribution in [3.8, 4) is 0 Å². The molecular formula is C17H13ClF2N4O. The molecule has 1 aromatic heterocycles. The van der Waals surface area contributed by atoms with Gasteiger partial charge in [-0.05, 0) is 29.8 Å². The highest BCUT2D eigenvalue weighted by atomic mass is 35.5. The van der Waals surface area contributed by atoms with Crippen LogP contribution in [0.5, 0.6) is 0 Å². The number of hydrogen-bond acceptors (Lipinski definition) is 2. The van der Waals surface area contributed by atoms with Gasteiger partial charge in [-0.1, -0.05) is 23.7 Å². The minimum Gasteiger partial charge on any atom is -0.305 e. The van der Waals surface area contributed by atoms with Crippen LogP contribution < -0.4 is 10.6 Å². The molecule has 0 spiro atoms. The highest BCUT2D eigenvalue weighted by molar-refractivity contribution is 6.30. The van der Waals surface area contributed by atoms with Gasteiger partial charge in [0.2, 0.25) is 0 Å². The number of amides is 2. The van der Waals surface area contributed by atoms with E-state index in [2.05, 4.69) is 15.7 Å². The summed E-state index contributed by atoms with van der Waals surface area (Å²) in [7, 11) is 0. The van der Waals surface area contributed by atoms with Crippen molar-refractivity contribution in [2.45, 2.75) is 6.54 Å². The van der Waals surface area contributed by atoms with Crippen LogP contribution in [0.1, 0.15) is 5.56 Å². The van der Waals surface area contributed by atoms with Gasteiger partial charge in [0.15, 0.2) is 0 Å². The highest BCUT2D eigenvalue weighted by Gasteiger charge is 2.09. The van der Waals surface area contributed by atoms with Gasteiger partial charge >= 0.3 is 6.03 Å². The van der Waals surface area contributed by atoms with Gasteiger partial charge in [0, 0.05) is 17.3 Å². The Labute approximate surface area is 147 Å². The molecule has 0 saturated carbocycles. The second-order valence-corrected chi connectivity index (χ2v) is 5.70. The van der Waals surface area contributed by atoms with Crippen molar-refractivity contribution in [3.63, 3.8) is 0 Å². The first-order valence-electron chi connectivity index (χ1n) is 7.29. The molecule has 0 radical (unpaired) electrons. The zero-order valence-electron chi connectivity index (χ0n) is 12.8. The van der Waals surface area contributed by atoms with Gasteiger partial charge in [-0.15, -0.1) is 0 Å². The molecule has 2 aromatic carbocycles. The molecule has 0 aliphatic rings. The standard InChI is InChI=1S/C17H13ClF2N4O/c18-12-3-1-2-11(6-12)9-24-10-14(8-21-24)22-17(25)23-16-5-4-13(19)7-15(16)20/h1-8,10H,9H2,(H2,22,23,25). The molecule has 5 nitrogen and oxygen atoms in total. The SMILES string of the molecule is O=C(Nc1cnn(Cc2cccc(Cl)c2)c1)Nc1ccc(F)cc1F. The molecule has 3 rings (SSSR count). The fourth-order valence-electron chi connectivity index (χ4n) is 2.21. The van der Waals surface area contributed by atoms with Crippen molar-refractivity contribution < 1.29 is 13.6 Å². The van der Waals surface area contributed by atoms with Crippen LogP contribution in [0.2, 0.25) is 5.02 Å². The van der Waals surface area contributed by atoms with Crippen LogP contribution in [0.25, 0.3) is 0 Å². The third-order valence-corrected chi connectivity index (χ3v) is 3.54. The summed E-state index contributed by atoms with van der Waals surface area (Å²) >= 11 is 5.94. The number of carbonyl (C=O) groups is 1. The van der Waals surface area contributed by atoms with Gasteiger partial charge < -0.3 is 10.6 Å². The zero-order chi connectivity index (χ0) is 17.8. The van der Waals surface area contributed by atoms with E-state index in [1.54, 1.807) is 16.9 Å². The Morgan fingerprint density at radius 3 is 2.76 bits per heavy atom. The van der Waals surface area contributed by atoms with Crippen LogP contribution in [0.4, 0.5) is 25.0 Å². The van der Waals surface area contributed by atoms with E-state index < -0.39 is 17.7 Å². The van der Waals surface area contributed by atoms with E-state index in [-0.39, 0.29) is 5.69 Å². The van der Waals surface area contributed by atoms with Gasteiger partial charge in [-0.2, -0.15) is 5.10 Å². The topological polar surface area (TPSA) is 59.0 Å². The third-order valence-electron chi connectivity index (χ3n) is 3.30. The molecule has 2 N–H and O–H groups in total. The number of aromatic nitrogens is 2. The van der Waals surface area contributed by atoms with Gasteiger partial charge in [0.1, 0.15) is 11.6 Å². The van der Waals surface area contributed by atoms with Crippen LogP contribution in [-0.2, 0) is 6.54 Å². The van der Waals surface area contributed by atoms with Gasteiger partial charge in [0.25, 0.3) is 0 Å². The van der Waals surface area contributed by atoms with Crippen LogP contribution in [0.3, 0.4) is 0 Å². The molecule has 0 saturated heterocycles. The molecule has 0 aliphatic carbocycles. The number of rotatable bonds is 4. The summed E-state index contributed by atoms with van der Waals surface area (Å²) in [6.45, 7) is 0.483. The molecule has 1 heterocycles. The maximum absolute atomic E-state index is 13.5. The molecule has 25 heavy (non-hydrogen) atoms. The summed E-state index contributed by atoms with van der Waals surface area (Å²) in [6.07, 6.45) is 3.09. The minimum atomic E-state index is -0.855. The van der Waals surface area contributed by atoms with E-state index in [9.17, 15) is 13.6 Å². The van der Waals surface area contributed by atoms with E-state index >= 15 is 0 Å². The van der Waals surface area contributed by atoms with E-state index in [4.69, 9.17) is 11.6 Å². The Hall–Kier alpha value is -2.93. The quantitative estimate of drug-likeness (QED) is 0.717. The summed E-state index contributed by atoms with van der Waals surface area (Å²) in [5.41, 5.74) is 1.27. The summed E-state index contributed by atoms with van der Waals surface area (Å²) in [6, 6.07) is 9.58. The fourth-order valence-corrected chi connectivity index (χ4v) is 2.43. The molecule has 0 fully saturated rings. The van der Waals surface area contributed by atoms with Crippen molar-refractivity contribution in [1.29, 1.82) is 0 Å². The van der Waals surface area contributed by atoms with Crippen LogP contribution >= 0.6 is 11.6 Å². The fraction of sp³-hybridized carbons (Fsp3) is 0.0588. The number of benzene rings is 2. The molecular weight excluding hydrogens is 350 g/mol. The molecule has 0 unspecified atom stereocenters. The number of hydrogen-bond donors (Lipinski definition) is 2. The highest BCUT2D eigenvalue weighted by Crippen LogP contribution is 2.16. The number of anilines is 2. The summed E-state index contributed by atoms with van der Waals surface area (Å²) in [5, 5.41) is 9.60. The maximum atomic E-state index is 13.5.